The number of ketones is 1. The Hall–Kier alpha value is -2.12. The van der Waals surface area contributed by atoms with E-state index in [9.17, 15) is 9.59 Å². The lowest BCUT2D eigenvalue weighted by Gasteiger charge is -2.10. The first-order valence-electron chi connectivity index (χ1n) is 9.79. The minimum atomic E-state index is -0.0568. The van der Waals surface area contributed by atoms with Crippen molar-refractivity contribution >= 4 is 39.1 Å². The third-order valence-corrected chi connectivity index (χ3v) is 7.67. The van der Waals surface area contributed by atoms with Crippen LogP contribution in [-0.2, 0) is 6.54 Å². The van der Waals surface area contributed by atoms with Gasteiger partial charge in [-0.05, 0) is 52.2 Å². The first-order valence-corrected chi connectivity index (χ1v) is 11.6. The van der Waals surface area contributed by atoms with Crippen LogP contribution >= 0.6 is 23.1 Å². The molecule has 3 aromatic heterocycles. The SMILES string of the molecule is C=CCn1c(SCC(=O)c2cc(C)n(C3CC3)c2C)nc2sc(C)c(C)c2c1=O. The van der Waals surface area contributed by atoms with Crippen molar-refractivity contribution < 1.29 is 4.79 Å². The number of allylic oxidation sites excluding steroid dienone is 1. The van der Waals surface area contributed by atoms with Crippen molar-refractivity contribution in [2.45, 2.75) is 58.3 Å². The molecule has 0 N–H and O–H groups in total. The van der Waals surface area contributed by atoms with Crippen LogP contribution in [-0.4, -0.2) is 25.7 Å². The Balaban J connectivity index is 1.65. The fourth-order valence-corrected chi connectivity index (χ4v) is 5.83. The standard InChI is InChI=1S/C22H25N3O2S2/c1-6-9-24-21(27)19-13(3)15(5)29-20(19)23-22(24)28-11-18(26)17-10-12(2)25(14(17)4)16-7-8-16/h6,10,16H,1,7-9,11H2,2-5H3. The Kier molecular flexibility index (Phi) is 5.29. The number of aryl methyl sites for hydroxylation is 3. The molecule has 0 aliphatic heterocycles. The number of thiophene rings is 1. The van der Waals surface area contributed by atoms with Crippen molar-refractivity contribution in [1.29, 1.82) is 0 Å². The molecule has 1 saturated carbocycles. The van der Waals surface area contributed by atoms with Crippen LogP contribution in [0, 0.1) is 27.7 Å². The Labute approximate surface area is 178 Å². The summed E-state index contributed by atoms with van der Waals surface area (Å²) >= 11 is 2.86. The van der Waals surface area contributed by atoms with Gasteiger partial charge in [-0.1, -0.05) is 17.8 Å². The predicted octanol–water partition coefficient (Wildman–Crippen LogP) is 4.99. The molecule has 152 valence electrons. The molecule has 1 aliphatic carbocycles. The molecule has 0 bridgehead atoms. The molecule has 4 rings (SSSR count). The minimum absolute atomic E-state index is 0.0568. The number of hydrogen-bond acceptors (Lipinski definition) is 5. The topological polar surface area (TPSA) is 56.9 Å². The van der Waals surface area contributed by atoms with Crippen LogP contribution in [0.1, 0.15) is 51.1 Å². The summed E-state index contributed by atoms with van der Waals surface area (Å²) in [5.41, 5.74) is 3.90. The second kappa shape index (κ2) is 7.61. The van der Waals surface area contributed by atoms with Crippen molar-refractivity contribution in [3.63, 3.8) is 0 Å². The lowest BCUT2D eigenvalue weighted by molar-refractivity contribution is 0.102. The van der Waals surface area contributed by atoms with Gasteiger partial charge in [0.1, 0.15) is 4.83 Å². The van der Waals surface area contributed by atoms with Gasteiger partial charge in [0.2, 0.25) is 0 Å². The summed E-state index contributed by atoms with van der Waals surface area (Å²) in [5, 5.41) is 1.26. The Bertz CT molecular complexity index is 1200. The van der Waals surface area contributed by atoms with Crippen LogP contribution in [0.25, 0.3) is 10.2 Å². The lowest BCUT2D eigenvalue weighted by atomic mass is 10.2. The van der Waals surface area contributed by atoms with Crippen molar-refractivity contribution in [3.8, 4) is 0 Å². The smallest absolute Gasteiger partial charge is 0.263 e. The largest absolute Gasteiger partial charge is 0.345 e. The number of hydrogen-bond donors (Lipinski definition) is 0. The second-order valence-corrected chi connectivity index (χ2v) is 9.81. The molecule has 0 amide bonds. The minimum Gasteiger partial charge on any atom is -0.345 e. The van der Waals surface area contributed by atoms with Crippen molar-refractivity contribution in [1.82, 2.24) is 14.1 Å². The summed E-state index contributed by atoms with van der Waals surface area (Å²) in [6, 6.07) is 2.55. The van der Waals surface area contributed by atoms with Gasteiger partial charge in [-0.3, -0.25) is 14.2 Å². The van der Waals surface area contributed by atoms with Gasteiger partial charge in [0.05, 0.1) is 11.1 Å². The number of aromatic nitrogens is 3. The number of carbonyl (C=O) groups excluding carboxylic acids is 1. The quantitative estimate of drug-likeness (QED) is 0.231. The summed E-state index contributed by atoms with van der Waals surface area (Å²) in [6.07, 6.45) is 4.07. The van der Waals surface area contributed by atoms with Crippen LogP contribution < -0.4 is 5.56 Å². The van der Waals surface area contributed by atoms with Crippen LogP contribution in [0.3, 0.4) is 0 Å². The fraction of sp³-hybridized carbons (Fsp3) is 0.409. The van der Waals surface area contributed by atoms with E-state index < -0.39 is 0 Å². The Morgan fingerprint density at radius 3 is 2.72 bits per heavy atom. The maximum Gasteiger partial charge on any atom is 0.263 e. The van der Waals surface area contributed by atoms with Gasteiger partial charge in [0.25, 0.3) is 5.56 Å². The molecule has 0 atom stereocenters. The highest BCUT2D eigenvalue weighted by molar-refractivity contribution is 7.99. The molecule has 3 heterocycles. The van der Waals surface area contributed by atoms with E-state index in [1.807, 2.05) is 26.8 Å². The molecule has 7 heteroatoms. The highest BCUT2D eigenvalue weighted by atomic mass is 32.2. The summed E-state index contributed by atoms with van der Waals surface area (Å²) in [5.74, 6) is 0.334. The fourth-order valence-electron chi connectivity index (χ4n) is 3.87. The molecule has 29 heavy (non-hydrogen) atoms. The second-order valence-electron chi connectivity index (χ2n) is 7.66. The van der Waals surface area contributed by atoms with Gasteiger partial charge in [-0.15, -0.1) is 17.9 Å². The van der Waals surface area contributed by atoms with Gasteiger partial charge < -0.3 is 4.57 Å². The van der Waals surface area contributed by atoms with Crippen LogP contribution in [0.15, 0.2) is 28.7 Å². The summed E-state index contributed by atoms with van der Waals surface area (Å²) in [4.78, 5) is 32.6. The zero-order chi connectivity index (χ0) is 20.9. The van der Waals surface area contributed by atoms with E-state index in [2.05, 4.69) is 18.1 Å². The molecule has 1 aliphatic rings. The third kappa shape index (κ3) is 3.51. The van der Waals surface area contributed by atoms with E-state index in [1.54, 1.807) is 10.6 Å². The highest BCUT2D eigenvalue weighted by Gasteiger charge is 2.28. The monoisotopic (exact) mass is 427 g/mol. The van der Waals surface area contributed by atoms with E-state index in [-0.39, 0.29) is 17.1 Å². The normalized spacial score (nSPS) is 13.9. The first-order chi connectivity index (χ1) is 13.8. The van der Waals surface area contributed by atoms with E-state index in [1.165, 1.54) is 35.9 Å². The van der Waals surface area contributed by atoms with E-state index >= 15 is 0 Å². The Morgan fingerprint density at radius 2 is 2.07 bits per heavy atom. The van der Waals surface area contributed by atoms with Gasteiger partial charge >= 0.3 is 0 Å². The average Bonchev–Trinajstić information content (AvgIpc) is 3.40. The number of carbonyl (C=O) groups is 1. The molecule has 0 saturated heterocycles. The maximum atomic E-state index is 13.1. The van der Waals surface area contributed by atoms with Crippen molar-refractivity contribution in [3.05, 3.63) is 56.5 Å². The first kappa shape index (κ1) is 20.2. The van der Waals surface area contributed by atoms with Gasteiger partial charge in [0.15, 0.2) is 10.9 Å². The summed E-state index contributed by atoms with van der Waals surface area (Å²) in [7, 11) is 0. The van der Waals surface area contributed by atoms with Crippen molar-refractivity contribution in [2.24, 2.45) is 0 Å². The third-order valence-electron chi connectivity index (χ3n) is 5.59. The number of rotatable bonds is 7. The van der Waals surface area contributed by atoms with Gasteiger partial charge in [-0.2, -0.15) is 0 Å². The molecule has 1 fully saturated rings. The van der Waals surface area contributed by atoms with Gasteiger partial charge in [0, 0.05) is 34.4 Å². The van der Waals surface area contributed by atoms with E-state index in [4.69, 9.17) is 4.98 Å². The van der Waals surface area contributed by atoms with E-state index in [0.717, 1.165) is 32.2 Å². The molecule has 3 aromatic rings. The van der Waals surface area contributed by atoms with Gasteiger partial charge in [-0.25, -0.2) is 4.98 Å². The molecule has 0 unspecified atom stereocenters. The zero-order valence-electron chi connectivity index (χ0n) is 17.2. The maximum absolute atomic E-state index is 13.1. The molecular formula is C22H25N3O2S2. The number of fused-ring (bicyclic) bond motifs is 1. The lowest BCUT2D eigenvalue weighted by Crippen LogP contribution is -2.23. The number of nitrogens with zero attached hydrogens (tertiary/aromatic N) is 3. The van der Waals surface area contributed by atoms with Crippen LogP contribution in [0.2, 0.25) is 0 Å². The van der Waals surface area contributed by atoms with E-state index in [0.29, 0.717) is 23.1 Å². The molecule has 0 aromatic carbocycles. The zero-order valence-corrected chi connectivity index (χ0v) is 18.9. The average molecular weight is 428 g/mol. The molecule has 0 spiro atoms. The molecular weight excluding hydrogens is 402 g/mol. The Morgan fingerprint density at radius 1 is 1.34 bits per heavy atom. The number of Topliss-reactive ketones (excluding diaryl/α,β-unsaturated/α-hetero) is 1. The summed E-state index contributed by atoms with van der Waals surface area (Å²) in [6.45, 7) is 12.2. The van der Waals surface area contributed by atoms with Crippen LogP contribution in [0.5, 0.6) is 0 Å². The molecule has 0 radical (unpaired) electrons. The van der Waals surface area contributed by atoms with Crippen LogP contribution in [0.4, 0.5) is 0 Å². The molecule has 5 nitrogen and oxygen atoms in total. The summed E-state index contributed by atoms with van der Waals surface area (Å²) < 4.78 is 3.91. The highest BCUT2D eigenvalue weighted by Crippen LogP contribution is 2.38. The number of thioether (sulfide) groups is 1. The predicted molar refractivity (Wildman–Crippen MR) is 121 cm³/mol. The van der Waals surface area contributed by atoms with Crippen molar-refractivity contribution in [2.75, 3.05) is 5.75 Å².